The van der Waals surface area contributed by atoms with E-state index in [0.29, 0.717) is 6.04 Å². The number of nitrogens with one attached hydrogen (secondary N) is 2. The molecule has 0 aliphatic carbocycles. The predicted molar refractivity (Wildman–Crippen MR) is 87.4 cm³/mol. The van der Waals surface area contributed by atoms with Gasteiger partial charge in [-0.2, -0.15) is 0 Å². The molecule has 1 atom stereocenters. The first kappa shape index (κ1) is 16.7. The molecule has 0 spiro atoms. The van der Waals surface area contributed by atoms with Gasteiger partial charge in [0, 0.05) is 18.2 Å². The van der Waals surface area contributed by atoms with Gasteiger partial charge < -0.3 is 10.6 Å². The Morgan fingerprint density at radius 3 is 2.35 bits per heavy atom. The maximum atomic E-state index is 4.47. The van der Waals surface area contributed by atoms with Gasteiger partial charge in [-0.3, -0.25) is 0 Å². The van der Waals surface area contributed by atoms with Crippen LogP contribution in [0.5, 0.6) is 0 Å². The third kappa shape index (κ3) is 4.99. The normalized spacial score (nSPS) is 12.2. The van der Waals surface area contributed by atoms with Crippen LogP contribution >= 0.6 is 0 Å². The zero-order valence-corrected chi connectivity index (χ0v) is 13.5. The minimum Gasteiger partial charge on any atom is -0.370 e. The molecule has 0 aromatic carbocycles. The fourth-order valence-corrected chi connectivity index (χ4v) is 2.34. The van der Waals surface area contributed by atoms with E-state index in [1.165, 1.54) is 18.4 Å². The highest BCUT2D eigenvalue weighted by Gasteiger charge is 2.13. The highest BCUT2D eigenvalue weighted by molar-refractivity contribution is 5.57. The molecule has 1 heterocycles. The number of aromatic nitrogens is 2. The van der Waals surface area contributed by atoms with Gasteiger partial charge in [-0.1, -0.05) is 40.5 Å². The van der Waals surface area contributed by atoms with Crippen LogP contribution in [0.1, 0.15) is 65.4 Å². The minimum absolute atomic E-state index is 0.504. The van der Waals surface area contributed by atoms with Crippen LogP contribution in [0.4, 0.5) is 11.6 Å². The van der Waals surface area contributed by atoms with Crippen LogP contribution in [0.3, 0.4) is 0 Å². The average Bonchev–Trinajstić information content (AvgIpc) is 2.47. The van der Waals surface area contributed by atoms with Crippen LogP contribution in [-0.2, 0) is 6.42 Å². The monoisotopic (exact) mass is 278 g/mol. The van der Waals surface area contributed by atoms with Gasteiger partial charge in [0.2, 0.25) is 0 Å². The lowest BCUT2D eigenvalue weighted by Crippen LogP contribution is -2.21. The molecule has 0 aliphatic rings. The second-order valence-corrected chi connectivity index (χ2v) is 5.26. The Labute approximate surface area is 123 Å². The first-order chi connectivity index (χ1) is 9.76. The van der Waals surface area contributed by atoms with Crippen molar-refractivity contribution in [3.63, 3.8) is 0 Å². The quantitative estimate of drug-likeness (QED) is 0.672. The van der Waals surface area contributed by atoms with Crippen molar-refractivity contribution < 1.29 is 0 Å². The van der Waals surface area contributed by atoms with Crippen molar-refractivity contribution >= 4 is 11.6 Å². The Balaban J connectivity index is 2.92. The predicted octanol–water partition coefficient (Wildman–Crippen LogP) is 4.24. The van der Waals surface area contributed by atoms with Crippen LogP contribution in [0, 0.1) is 0 Å². The Morgan fingerprint density at radius 2 is 1.75 bits per heavy atom. The molecule has 1 rings (SSSR count). The lowest BCUT2D eigenvalue weighted by atomic mass is 10.1. The van der Waals surface area contributed by atoms with Crippen molar-refractivity contribution in [2.24, 2.45) is 0 Å². The first-order valence-electron chi connectivity index (χ1n) is 8.10. The van der Waals surface area contributed by atoms with Crippen LogP contribution in [0.25, 0.3) is 0 Å². The third-order valence-corrected chi connectivity index (χ3v) is 3.46. The molecule has 2 N–H and O–H groups in total. The molecular weight excluding hydrogens is 248 g/mol. The van der Waals surface area contributed by atoms with E-state index in [1.54, 1.807) is 6.33 Å². The molecule has 1 aromatic heterocycles. The van der Waals surface area contributed by atoms with Crippen molar-refractivity contribution in [2.45, 2.75) is 72.3 Å². The number of hydrogen-bond donors (Lipinski definition) is 2. The fourth-order valence-electron chi connectivity index (χ4n) is 2.34. The molecule has 0 fully saturated rings. The van der Waals surface area contributed by atoms with Gasteiger partial charge in [0.15, 0.2) is 0 Å². The topological polar surface area (TPSA) is 49.8 Å². The molecule has 0 saturated heterocycles. The molecule has 4 nitrogen and oxygen atoms in total. The molecular formula is C16H30N4. The summed E-state index contributed by atoms with van der Waals surface area (Å²) in [5.74, 6) is 2.01. The summed E-state index contributed by atoms with van der Waals surface area (Å²) in [5, 5.41) is 7.03. The molecule has 114 valence electrons. The Bertz CT molecular complexity index is 379. The highest BCUT2D eigenvalue weighted by Crippen LogP contribution is 2.23. The van der Waals surface area contributed by atoms with Crippen molar-refractivity contribution in [2.75, 3.05) is 17.2 Å². The second-order valence-electron chi connectivity index (χ2n) is 5.26. The minimum atomic E-state index is 0.504. The molecule has 1 unspecified atom stereocenters. The Kier molecular flexibility index (Phi) is 8.00. The number of rotatable bonds is 10. The highest BCUT2D eigenvalue weighted by atomic mass is 15.1. The van der Waals surface area contributed by atoms with E-state index in [2.05, 4.69) is 48.3 Å². The van der Waals surface area contributed by atoms with Crippen molar-refractivity contribution in [1.29, 1.82) is 0 Å². The summed E-state index contributed by atoms with van der Waals surface area (Å²) in [6.07, 6.45) is 8.39. The maximum Gasteiger partial charge on any atom is 0.134 e. The SMILES string of the molecule is CCCNc1ncnc(NC(CC)CCC)c1CCC. The zero-order valence-electron chi connectivity index (χ0n) is 13.5. The lowest BCUT2D eigenvalue weighted by molar-refractivity contribution is 0.619. The summed E-state index contributed by atoms with van der Waals surface area (Å²) in [7, 11) is 0. The summed E-state index contributed by atoms with van der Waals surface area (Å²) >= 11 is 0. The molecule has 1 aromatic rings. The van der Waals surface area contributed by atoms with E-state index < -0.39 is 0 Å². The van der Waals surface area contributed by atoms with E-state index >= 15 is 0 Å². The smallest absolute Gasteiger partial charge is 0.134 e. The van der Waals surface area contributed by atoms with Crippen molar-refractivity contribution in [3.05, 3.63) is 11.9 Å². The van der Waals surface area contributed by atoms with E-state index in [1.807, 2.05) is 0 Å². The van der Waals surface area contributed by atoms with Gasteiger partial charge in [0.05, 0.1) is 0 Å². The largest absolute Gasteiger partial charge is 0.370 e. The number of nitrogens with zero attached hydrogens (tertiary/aromatic N) is 2. The average molecular weight is 278 g/mol. The molecule has 0 bridgehead atoms. The van der Waals surface area contributed by atoms with Gasteiger partial charge in [-0.25, -0.2) is 9.97 Å². The van der Waals surface area contributed by atoms with Crippen LogP contribution in [0.2, 0.25) is 0 Å². The van der Waals surface area contributed by atoms with Gasteiger partial charge in [-0.05, 0) is 25.7 Å². The fraction of sp³-hybridized carbons (Fsp3) is 0.750. The molecule has 0 radical (unpaired) electrons. The Morgan fingerprint density at radius 1 is 1.00 bits per heavy atom. The molecule has 0 amide bonds. The van der Waals surface area contributed by atoms with E-state index in [-0.39, 0.29) is 0 Å². The number of hydrogen-bond acceptors (Lipinski definition) is 4. The molecule has 0 saturated carbocycles. The summed E-state index contributed by atoms with van der Waals surface area (Å²) in [6, 6.07) is 0.504. The van der Waals surface area contributed by atoms with Gasteiger partial charge in [0.1, 0.15) is 18.0 Å². The Hall–Kier alpha value is -1.32. The lowest BCUT2D eigenvalue weighted by Gasteiger charge is -2.20. The summed E-state index contributed by atoms with van der Waals surface area (Å²) in [5.41, 5.74) is 1.23. The van der Waals surface area contributed by atoms with Gasteiger partial charge >= 0.3 is 0 Å². The maximum absolute atomic E-state index is 4.47. The first-order valence-corrected chi connectivity index (χ1v) is 8.10. The van der Waals surface area contributed by atoms with E-state index in [4.69, 9.17) is 0 Å². The van der Waals surface area contributed by atoms with Gasteiger partial charge in [0.25, 0.3) is 0 Å². The molecule has 20 heavy (non-hydrogen) atoms. The second kappa shape index (κ2) is 9.56. The van der Waals surface area contributed by atoms with Crippen molar-refractivity contribution in [1.82, 2.24) is 9.97 Å². The summed E-state index contributed by atoms with van der Waals surface area (Å²) in [6.45, 7) is 9.78. The number of anilines is 2. The van der Waals surface area contributed by atoms with Crippen molar-refractivity contribution in [3.8, 4) is 0 Å². The van der Waals surface area contributed by atoms with Crippen LogP contribution in [-0.4, -0.2) is 22.6 Å². The van der Waals surface area contributed by atoms with Crippen LogP contribution in [0.15, 0.2) is 6.33 Å². The summed E-state index contributed by atoms with van der Waals surface area (Å²) < 4.78 is 0. The summed E-state index contributed by atoms with van der Waals surface area (Å²) in [4.78, 5) is 8.89. The molecule has 4 heteroatoms. The molecule has 0 aliphatic heterocycles. The standard InChI is InChI=1S/C16H30N4/c1-5-9-13(8-4)20-16-14(10-6-2)15(17-11-7-3)18-12-19-16/h12-13H,5-11H2,1-4H3,(H2,17,18,19,20). The van der Waals surface area contributed by atoms with E-state index in [9.17, 15) is 0 Å². The van der Waals surface area contributed by atoms with Gasteiger partial charge in [-0.15, -0.1) is 0 Å². The van der Waals surface area contributed by atoms with Crippen LogP contribution < -0.4 is 10.6 Å². The zero-order chi connectivity index (χ0) is 14.8. The van der Waals surface area contributed by atoms with E-state index in [0.717, 1.165) is 43.9 Å². The third-order valence-electron chi connectivity index (χ3n) is 3.46.